The van der Waals surface area contributed by atoms with E-state index in [1.54, 1.807) is 24.0 Å². The fourth-order valence-corrected chi connectivity index (χ4v) is 9.26. The topological polar surface area (TPSA) is 133 Å². The van der Waals surface area contributed by atoms with E-state index in [4.69, 9.17) is 5.73 Å². The number of likely N-dealkylation sites (tertiary alicyclic amines) is 1. The number of imidazole rings is 1. The number of rotatable bonds is 9. The fraction of sp³-hybridized carbons (Fsp3) is 0.357. The number of benzene rings is 3. The molecule has 12 nitrogen and oxygen atoms in total. The molecule has 3 N–H and O–H groups in total. The number of nitrogens with one attached hydrogen (secondary N) is 1. The molecule has 0 spiro atoms. The third-order valence-electron chi connectivity index (χ3n) is 11.8. The smallest absolute Gasteiger partial charge is 0.255 e. The van der Waals surface area contributed by atoms with Crippen LogP contribution in [0, 0.1) is 5.82 Å². The number of hydrogen-bond donors (Lipinski definition) is 2. The Bertz CT molecular complexity index is 2240. The van der Waals surface area contributed by atoms with E-state index >= 15 is 4.39 Å². The monoisotopic (exact) mass is 773 g/mol. The summed E-state index contributed by atoms with van der Waals surface area (Å²) in [6.07, 6.45) is 7.07. The third-order valence-corrected chi connectivity index (χ3v) is 12.5. The van der Waals surface area contributed by atoms with Crippen molar-refractivity contribution in [2.75, 3.05) is 61.8 Å². The molecule has 2 saturated heterocycles. The number of nitrogen functional groups attached to an aromatic ring is 1. The molecule has 0 aliphatic carbocycles. The second kappa shape index (κ2) is 15.1. The van der Waals surface area contributed by atoms with Crippen LogP contribution in [-0.2, 0) is 29.1 Å². The number of halogens is 1. The van der Waals surface area contributed by atoms with E-state index in [1.807, 2.05) is 45.9 Å². The molecule has 288 valence electrons. The molecule has 4 aliphatic rings. The number of aromatic nitrogens is 3. The lowest BCUT2D eigenvalue weighted by atomic mass is 9.89. The molecule has 14 heteroatoms. The van der Waals surface area contributed by atoms with Gasteiger partial charge in [-0.05, 0) is 97.8 Å². The molecule has 56 heavy (non-hydrogen) atoms. The van der Waals surface area contributed by atoms with Crippen molar-refractivity contribution in [3.63, 3.8) is 0 Å². The molecular weight excluding hydrogens is 730 g/mol. The van der Waals surface area contributed by atoms with Gasteiger partial charge in [0.05, 0.1) is 25.1 Å². The quantitative estimate of drug-likeness (QED) is 0.187. The lowest BCUT2D eigenvalue weighted by molar-refractivity contribution is -0.133. The first kappa shape index (κ1) is 36.1. The number of piperidine rings is 1. The van der Waals surface area contributed by atoms with E-state index in [0.717, 1.165) is 81.0 Å². The summed E-state index contributed by atoms with van der Waals surface area (Å²) in [4.78, 5) is 57.9. The predicted molar refractivity (Wildman–Crippen MR) is 214 cm³/mol. The van der Waals surface area contributed by atoms with Crippen molar-refractivity contribution >= 4 is 45.6 Å². The summed E-state index contributed by atoms with van der Waals surface area (Å²) in [5.74, 6) is -0.641. The number of nitrogens with zero attached hydrogens (tertiary/aromatic N) is 7. The molecule has 9 rings (SSSR count). The maximum Gasteiger partial charge on any atom is 0.255 e. The first-order chi connectivity index (χ1) is 27.3. The molecule has 3 amide bonds. The standard InChI is InChI=1S/C42H44FN9O3S/c43-35-23-30(22-33-34(35)24-52(41(33)55)39(40(54)47-42-45-13-21-56-42)38-36-2-1-14-51(36)26-46-38)28-5-9-32(10-6-28)49-17-19-50(20-18-49)37(53)25-48-15-11-29(12-16-48)27-3-7-31(44)8-4-27/h3-10,13,21-23,26,29,39H,1-2,11-12,14-20,24-25,44H2,(H,45,47,54). The Balaban J connectivity index is 0.832. The van der Waals surface area contributed by atoms with E-state index in [1.165, 1.54) is 27.9 Å². The Kier molecular flexibility index (Phi) is 9.76. The highest BCUT2D eigenvalue weighted by molar-refractivity contribution is 7.13. The van der Waals surface area contributed by atoms with E-state index in [2.05, 4.69) is 37.2 Å². The number of piperazine rings is 1. The van der Waals surface area contributed by atoms with Crippen molar-refractivity contribution in [1.29, 1.82) is 0 Å². The van der Waals surface area contributed by atoms with Crippen LogP contribution in [0.5, 0.6) is 0 Å². The Labute approximate surface area is 328 Å². The van der Waals surface area contributed by atoms with Crippen LogP contribution in [0.2, 0.25) is 0 Å². The molecule has 2 aromatic heterocycles. The lowest BCUT2D eigenvalue weighted by Gasteiger charge is -2.38. The van der Waals surface area contributed by atoms with Crippen LogP contribution in [-0.4, -0.2) is 92.8 Å². The Morgan fingerprint density at radius 2 is 1.70 bits per heavy atom. The van der Waals surface area contributed by atoms with Crippen LogP contribution in [0.1, 0.15) is 64.1 Å². The van der Waals surface area contributed by atoms with Gasteiger partial charge in [-0.2, -0.15) is 0 Å². The molecule has 2 fully saturated rings. The zero-order chi connectivity index (χ0) is 38.3. The molecule has 0 radical (unpaired) electrons. The molecule has 6 heterocycles. The lowest BCUT2D eigenvalue weighted by Crippen LogP contribution is -2.51. The summed E-state index contributed by atoms with van der Waals surface area (Å²) in [6.45, 7) is 5.78. The molecule has 0 saturated carbocycles. The van der Waals surface area contributed by atoms with Gasteiger partial charge in [0.15, 0.2) is 11.2 Å². The average Bonchev–Trinajstić information content (AvgIpc) is 4.04. The average molecular weight is 774 g/mol. The number of amides is 3. The van der Waals surface area contributed by atoms with E-state index < -0.39 is 23.7 Å². The van der Waals surface area contributed by atoms with Gasteiger partial charge < -0.3 is 25.0 Å². The number of hydrogen-bond acceptors (Lipinski definition) is 9. The van der Waals surface area contributed by atoms with Crippen LogP contribution < -0.4 is 16.0 Å². The van der Waals surface area contributed by atoms with Crippen molar-refractivity contribution in [3.05, 3.63) is 112 Å². The Hall–Kier alpha value is -5.60. The minimum absolute atomic E-state index is 0.0427. The van der Waals surface area contributed by atoms with Crippen molar-refractivity contribution in [2.45, 2.75) is 50.7 Å². The summed E-state index contributed by atoms with van der Waals surface area (Å²) < 4.78 is 17.9. The van der Waals surface area contributed by atoms with Crippen LogP contribution in [0.15, 0.2) is 78.6 Å². The van der Waals surface area contributed by atoms with Crippen LogP contribution in [0.25, 0.3) is 11.1 Å². The van der Waals surface area contributed by atoms with Crippen LogP contribution >= 0.6 is 11.3 Å². The highest BCUT2D eigenvalue weighted by Gasteiger charge is 2.42. The van der Waals surface area contributed by atoms with Gasteiger partial charge in [-0.1, -0.05) is 24.3 Å². The maximum atomic E-state index is 15.9. The second-order valence-electron chi connectivity index (χ2n) is 15.2. The minimum Gasteiger partial charge on any atom is -0.399 e. The van der Waals surface area contributed by atoms with Crippen molar-refractivity contribution in [1.82, 2.24) is 29.2 Å². The van der Waals surface area contributed by atoms with Gasteiger partial charge in [-0.15, -0.1) is 11.3 Å². The molecular formula is C42H44FN9O3S. The summed E-state index contributed by atoms with van der Waals surface area (Å²) in [5, 5.41) is 5.03. The zero-order valence-corrected chi connectivity index (χ0v) is 31.9. The van der Waals surface area contributed by atoms with Gasteiger partial charge in [0.1, 0.15) is 5.82 Å². The fourth-order valence-electron chi connectivity index (χ4n) is 8.73. The van der Waals surface area contributed by atoms with Crippen LogP contribution in [0.3, 0.4) is 0 Å². The molecule has 1 atom stereocenters. The number of carbonyl (C=O) groups excluding carboxylic acids is 3. The number of thiazole rings is 1. The van der Waals surface area contributed by atoms with Gasteiger partial charge in [-0.3, -0.25) is 24.6 Å². The second-order valence-corrected chi connectivity index (χ2v) is 16.0. The summed E-state index contributed by atoms with van der Waals surface area (Å²) >= 11 is 1.29. The van der Waals surface area contributed by atoms with Gasteiger partial charge in [-0.25, -0.2) is 14.4 Å². The van der Waals surface area contributed by atoms with Crippen molar-refractivity contribution in [3.8, 4) is 11.1 Å². The summed E-state index contributed by atoms with van der Waals surface area (Å²) in [7, 11) is 0. The molecule has 5 aromatic rings. The van der Waals surface area contributed by atoms with Gasteiger partial charge in [0.25, 0.3) is 11.8 Å². The minimum atomic E-state index is -1.04. The Morgan fingerprint density at radius 1 is 0.929 bits per heavy atom. The number of aryl methyl sites for hydroxylation is 1. The number of carbonyl (C=O) groups is 3. The highest BCUT2D eigenvalue weighted by atomic mass is 32.1. The normalized spacial score (nSPS) is 17.9. The molecule has 4 aliphatic heterocycles. The Morgan fingerprint density at radius 3 is 2.43 bits per heavy atom. The molecule has 3 aromatic carbocycles. The van der Waals surface area contributed by atoms with Gasteiger partial charge in [0, 0.05) is 72.5 Å². The maximum absolute atomic E-state index is 15.9. The van der Waals surface area contributed by atoms with Crippen molar-refractivity contribution < 1.29 is 18.8 Å². The number of nitrogens with two attached hydrogens (primary N) is 1. The predicted octanol–water partition coefficient (Wildman–Crippen LogP) is 5.54. The van der Waals surface area contributed by atoms with Gasteiger partial charge in [0.2, 0.25) is 5.91 Å². The van der Waals surface area contributed by atoms with Gasteiger partial charge >= 0.3 is 0 Å². The first-order valence-electron chi connectivity index (χ1n) is 19.4. The highest BCUT2D eigenvalue weighted by Crippen LogP contribution is 2.38. The van der Waals surface area contributed by atoms with Crippen molar-refractivity contribution in [2.24, 2.45) is 0 Å². The molecule has 1 unspecified atom stereocenters. The SMILES string of the molecule is Nc1ccc(C2CCN(CC(=O)N3CCN(c4ccc(-c5cc(F)c6c(c5)C(=O)N(C(C(=O)Nc5nccs5)c5ncn7c5CCC7)C6)cc4)CC3)CC2)cc1. The number of anilines is 3. The molecule has 0 bridgehead atoms. The summed E-state index contributed by atoms with van der Waals surface area (Å²) in [5.41, 5.74) is 12.3. The van der Waals surface area contributed by atoms with E-state index in [0.29, 0.717) is 41.9 Å². The van der Waals surface area contributed by atoms with E-state index in [-0.39, 0.29) is 23.6 Å². The largest absolute Gasteiger partial charge is 0.399 e. The zero-order valence-electron chi connectivity index (χ0n) is 31.1. The third kappa shape index (κ3) is 7.03. The number of fused-ring (bicyclic) bond motifs is 2. The van der Waals surface area contributed by atoms with E-state index in [9.17, 15) is 14.4 Å². The summed E-state index contributed by atoms with van der Waals surface area (Å²) in [6, 6.07) is 18.2. The first-order valence-corrected chi connectivity index (χ1v) is 20.3. The van der Waals surface area contributed by atoms with Crippen LogP contribution in [0.4, 0.5) is 20.9 Å².